The number of hydrogen-bond donors (Lipinski definition) is 0. The van der Waals surface area contributed by atoms with Gasteiger partial charge in [0.2, 0.25) is 0 Å². The van der Waals surface area contributed by atoms with Crippen molar-refractivity contribution in [2.45, 2.75) is 37.5 Å². The Labute approximate surface area is 292 Å². The van der Waals surface area contributed by atoms with Crippen molar-refractivity contribution >= 4 is 53.9 Å². The first-order valence-electron chi connectivity index (χ1n) is 18.3. The van der Waals surface area contributed by atoms with Gasteiger partial charge in [0, 0.05) is 5.41 Å². The third-order valence-corrected chi connectivity index (χ3v) is 12.2. The zero-order chi connectivity index (χ0) is 32.8. The normalized spacial score (nSPS) is 15.0. The Morgan fingerprint density at radius 2 is 0.780 bits per heavy atom. The molecule has 9 aromatic carbocycles. The van der Waals surface area contributed by atoms with Crippen LogP contribution in [0.2, 0.25) is 0 Å². The summed E-state index contributed by atoms with van der Waals surface area (Å²) in [4.78, 5) is 0. The van der Waals surface area contributed by atoms with Crippen molar-refractivity contribution in [1.29, 1.82) is 0 Å². The number of hydrogen-bond acceptors (Lipinski definition) is 0. The number of benzene rings is 9. The van der Waals surface area contributed by atoms with Crippen LogP contribution in [0.3, 0.4) is 0 Å². The molecule has 0 radical (unpaired) electrons. The highest BCUT2D eigenvalue weighted by Crippen LogP contribution is 2.56. The van der Waals surface area contributed by atoms with Crippen LogP contribution in [0, 0.1) is 0 Å². The van der Waals surface area contributed by atoms with E-state index >= 15 is 0 Å². The first-order valence-corrected chi connectivity index (χ1v) is 18.3. The highest BCUT2D eigenvalue weighted by atomic mass is 14.5. The lowest BCUT2D eigenvalue weighted by atomic mass is 9.67. The third kappa shape index (κ3) is 3.88. The molecule has 0 nitrogen and oxygen atoms in total. The van der Waals surface area contributed by atoms with Gasteiger partial charge in [-0.15, -0.1) is 0 Å². The predicted molar refractivity (Wildman–Crippen MR) is 214 cm³/mol. The molecule has 0 N–H and O–H groups in total. The summed E-state index contributed by atoms with van der Waals surface area (Å²) in [6.45, 7) is 0. The highest BCUT2D eigenvalue weighted by Gasteiger charge is 2.43. The maximum absolute atomic E-state index is 2.56. The van der Waals surface area contributed by atoms with Gasteiger partial charge in [-0.05, 0) is 129 Å². The smallest absolute Gasteiger partial charge is 0.0215 e. The zero-order valence-electron chi connectivity index (χ0n) is 28.0. The molecular formula is C50H36. The Kier molecular flexibility index (Phi) is 5.99. The van der Waals surface area contributed by atoms with Gasteiger partial charge >= 0.3 is 0 Å². The van der Waals surface area contributed by atoms with Crippen LogP contribution in [0.25, 0.3) is 87.2 Å². The maximum Gasteiger partial charge on any atom is 0.0215 e. The molecule has 1 fully saturated rings. The fourth-order valence-corrected chi connectivity index (χ4v) is 9.99. The lowest BCUT2D eigenvalue weighted by Gasteiger charge is -2.36. The van der Waals surface area contributed by atoms with Gasteiger partial charge in [0.25, 0.3) is 0 Å². The highest BCUT2D eigenvalue weighted by molar-refractivity contribution is 6.39. The molecule has 0 aromatic heterocycles. The van der Waals surface area contributed by atoms with Gasteiger partial charge < -0.3 is 0 Å². The molecule has 0 atom stereocenters. The van der Waals surface area contributed by atoms with E-state index in [-0.39, 0.29) is 5.41 Å². The second-order valence-electron chi connectivity index (χ2n) is 14.7. The maximum atomic E-state index is 2.56. The van der Waals surface area contributed by atoms with Crippen LogP contribution in [0.4, 0.5) is 0 Å². The monoisotopic (exact) mass is 636 g/mol. The molecule has 2 aliphatic rings. The molecule has 2 aliphatic carbocycles. The largest absolute Gasteiger partial charge is 0.0622 e. The van der Waals surface area contributed by atoms with E-state index in [2.05, 4.69) is 158 Å². The molecule has 9 aromatic rings. The Balaban J connectivity index is 1.23. The minimum atomic E-state index is 0.144. The van der Waals surface area contributed by atoms with E-state index in [4.69, 9.17) is 0 Å². The summed E-state index contributed by atoms with van der Waals surface area (Å²) in [6, 6.07) is 59.8. The first-order chi connectivity index (χ1) is 24.8. The first kappa shape index (κ1) is 28.2. The summed E-state index contributed by atoms with van der Waals surface area (Å²) >= 11 is 0. The molecular weight excluding hydrogens is 601 g/mol. The van der Waals surface area contributed by atoms with E-state index in [9.17, 15) is 0 Å². The minimum absolute atomic E-state index is 0.144. The van der Waals surface area contributed by atoms with Gasteiger partial charge in [-0.1, -0.05) is 159 Å². The Hall–Kier alpha value is -5.72. The molecule has 11 rings (SSSR count). The lowest BCUT2D eigenvalue weighted by molar-refractivity contribution is 0.353. The molecule has 0 heteroatoms. The van der Waals surface area contributed by atoms with Crippen molar-refractivity contribution in [3.05, 3.63) is 169 Å². The molecule has 0 unspecified atom stereocenters. The molecule has 50 heavy (non-hydrogen) atoms. The Bertz CT molecular complexity index is 2830. The van der Waals surface area contributed by atoms with E-state index in [1.807, 2.05) is 0 Å². The number of rotatable bonds is 2. The molecule has 0 bridgehead atoms. The Morgan fingerprint density at radius 3 is 1.44 bits per heavy atom. The van der Waals surface area contributed by atoms with Gasteiger partial charge in [0.05, 0.1) is 0 Å². The molecule has 0 saturated heterocycles. The van der Waals surface area contributed by atoms with Crippen LogP contribution in [0.1, 0.15) is 43.2 Å². The van der Waals surface area contributed by atoms with E-state index in [1.165, 1.54) is 119 Å². The quantitative estimate of drug-likeness (QED) is 0.166. The van der Waals surface area contributed by atoms with Crippen molar-refractivity contribution in [1.82, 2.24) is 0 Å². The van der Waals surface area contributed by atoms with Gasteiger partial charge in [0.15, 0.2) is 0 Å². The fraction of sp³-hybridized carbons (Fsp3) is 0.120. The van der Waals surface area contributed by atoms with Crippen LogP contribution < -0.4 is 0 Å². The van der Waals surface area contributed by atoms with E-state index in [0.29, 0.717) is 0 Å². The van der Waals surface area contributed by atoms with Crippen molar-refractivity contribution in [3.8, 4) is 33.4 Å². The molecule has 236 valence electrons. The number of fused-ring (bicyclic) bond motifs is 16. The van der Waals surface area contributed by atoms with Crippen LogP contribution in [-0.4, -0.2) is 0 Å². The second-order valence-corrected chi connectivity index (χ2v) is 14.7. The fourth-order valence-electron chi connectivity index (χ4n) is 9.99. The average molecular weight is 637 g/mol. The van der Waals surface area contributed by atoms with Crippen molar-refractivity contribution in [2.24, 2.45) is 0 Å². The van der Waals surface area contributed by atoms with Crippen molar-refractivity contribution < 1.29 is 0 Å². The lowest BCUT2D eigenvalue weighted by Crippen LogP contribution is -2.28. The van der Waals surface area contributed by atoms with E-state index in [0.717, 1.165) is 0 Å². The van der Waals surface area contributed by atoms with Crippen LogP contribution in [-0.2, 0) is 5.41 Å². The zero-order valence-corrected chi connectivity index (χ0v) is 28.0. The van der Waals surface area contributed by atoms with Gasteiger partial charge in [-0.2, -0.15) is 0 Å². The SMILES string of the molecule is c1ccc(-c2ccc3c4ccc(-c5ccc6c(c5)C5(CCCCC5)c5ccccc5-6)cc4c4c5ccccc5c5ccccc5c4c3c2)cc1. The molecule has 0 aliphatic heterocycles. The van der Waals surface area contributed by atoms with Crippen LogP contribution >= 0.6 is 0 Å². The standard InChI is InChI=1S/C50H36/c1-3-13-32(14-4-1)33-21-24-38-39-25-22-34(35-23-26-41-40-17-9-10-20-46(40)50(47(41)31-35)27-11-2-12-28-50)30-45(39)49-43-19-8-6-16-37(43)36-15-5-7-18-42(36)48(49)44(38)29-33/h1,3-10,13-26,29-31H,2,11-12,27-28H2. The second kappa shape index (κ2) is 10.6. The molecule has 0 heterocycles. The summed E-state index contributed by atoms with van der Waals surface area (Å²) in [5.74, 6) is 0. The summed E-state index contributed by atoms with van der Waals surface area (Å²) in [6.07, 6.45) is 6.46. The van der Waals surface area contributed by atoms with Crippen LogP contribution in [0.15, 0.2) is 158 Å². The minimum Gasteiger partial charge on any atom is -0.0622 e. The summed E-state index contributed by atoms with van der Waals surface area (Å²) in [7, 11) is 0. The third-order valence-electron chi connectivity index (χ3n) is 12.2. The average Bonchev–Trinajstić information content (AvgIpc) is 3.45. The summed E-state index contributed by atoms with van der Waals surface area (Å²) in [5.41, 5.74) is 11.2. The van der Waals surface area contributed by atoms with Gasteiger partial charge in [0.1, 0.15) is 0 Å². The van der Waals surface area contributed by atoms with Gasteiger partial charge in [-0.25, -0.2) is 0 Å². The summed E-state index contributed by atoms with van der Waals surface area (Å²) in [5, 5.41) is 13.2. The predicted octanol–water partition coefficient (Wildman–Crippen LogP) is 14.0. The van der Waals surface area contributed by atoms with E-state index < -0.39 is 0 Å². The van der Waals surface area contributed by atoms with Crippen LogP contribution in [0.5, 0.6) is 0 Å². The van der Waals surface area contributed by atoms with Crippen molar-refractivity contribution in [3.63, 3.8) is 0 Å². The molecule has 0 amide bonds. The van der Waals surface area contributed by atoms with Crippen molar-refractivity contribution in [2.75, 3.05) is 0 Å². The summed E-state index contributed by atoms with van der Waals surface area (Å²) < 4.78 is 0. The van der Waals surface area contributed by atoms with Gasteiger partial charge in [-0.3, -0.25) is 0 Å². The molecule has 1 spiro atoms. The Morgan fingerprint density at radius 1 is 0.300 bits per heavy atom. The van der Waals surface area contributed by atoms with E-state index in [1.54, 1.807) is 11.1 Å². The topological polar surface area (TPSA) is 0 Å². The molecule has 1 saturated carbocycles.